The van der Waals surface area contributed by atoms with Gasteiger partial charge in [0, 0.05) is 18.7 Å². The molecule has 1 aliphatic rings. The van der Waals surface area contributed by atoms with Gasteiger partial charge in [0.2, 0.25) is 0 Å². The summed E-state index contributed by atoms with van der Waals surface area (Å²) in [5.74, 6) is 0.712. The van der Waals surface area contributed by atoms with E-state index in [2.05, 4.69) is 36.0 Å². The van der Waals surface area contributed by atoms with Gasteiger partial charge >= 0.3 is 0 Å². The van der Waals surface area contributed by atoms with Gasteiger partial charge in [-0.1, -0.05) is 13.3 Å². The van der Waals surface area contributed by atoms with Gasteiger partial charge in [-0.2, -0.15) is 5.10 Å². The lowest BCUT2D eigenvalue weighted by Gasteiger charge is -2.23. The van der Waals surface area contributed by atoms with E-state index >= 15 is 0 Å². The van der Waals surface area contributed by atoms with Crippen LogP contribution in [0.2, 0.25) is 0 Å². The fourth-order valence-electron chi connectivity index (χ4n) is 2.84. The van der Waals surface area contributed by atoms with Crippen LogP contribution < -0.4 is 5.32 Å². The summed E-state index contributed by atoms with van der Waals surface area (Å²) in [6, 6.07) is 0. The summed E-state index contributed by atoms with van der Waals surface area (Å²) in [4.78, 5) is 0. The van der Waals surface area contributed by atoms with Crippen LogP contribution in [-0.2, 0) is 13.5 Å². The topological polar surface area (TPSA) is 29.9 Å². The van der Waals surface area contributed by atoms with Crippen LogP contribution in [0, 0.1) is 6.92 Å². The molecule has 1 N–H and O–H groups in total. The normalized spacial score (nSPS) is 17.9. The molecule has 0 saturated carbocycles. The molecule has 2 heterocycles. The molecule has 0 unspecified atom stereocenters. The molecule has 2 rings (SSSR count). The van der Waals surface area contributed by atoms with E-state index < -0.39 is 0 Å². The highest BCUT2D eigenvalue weighted by Crippen LogP contribution is 2.29. The molecule has 1 aromatic rings. The molecule has 0 spiro atoms. The van der Waals surface area contributed by atoms with Gasteiger partial charge < -0.3 is 5.32 Å². The van der Waals surface area contributed by atoms with Crippen molar-refractivity contribution in [2.45, 2.75) is 45.4 Å². The van der Waals surface area contributed by atoms with Crippen LogP contribution >= 0.6 is 0 Å². The van der Waals surface area contributed by atoms with Gasteiger partial charge in [-0.15, -0.1) is 0 Å². The number of aryl methyl sites for hydroxylation is 2. The van der Waals surface area contributed by atoms with Crippen molar-refractivity contribution < 1.29 is 0 Å². The molecule has 0 aromatic carbocycles. The monoisotopic (exact) mass is 221 g/mol. The molecule has 0 radical (unpaired) electrons. The van der Waals surface area contributed by atoms with Gasteiger partial charge in [0.25, 0.3) is 0 Å². The number of nitrogens with zero attached hydrogens (tertiary/aromatic N) is 2. The highest BCUT2D eigenvalue weighted by molar-refractivity contribution is 5.28. The Hall–Kier alpha value is -0.830. The minimum Gasteiger partial charge on any atom is -0.317 e. The first-order chi connectivity index (χ1) is 7.74. The Bertz CT molecular complexity index is 348. The van der Waals surface area contributed by atoms with Crippen LogP contribution in [0.25, 0.3) is 0 Å². The summed E-state index contributed by atoms with van der Waals surface area (Å²) >= 11 is 0. The molecule has 1 fully saturated rings. The molecule has 0 atom stereocenters. The fraction of sp³-hybridized carbons (Fsp3) is 0.769. The molecule has 0 amide bonds. The third-order valence-electron chi connectivity index (χ3n) is 3.65. The van der Waals surface area contributed by atoms with Crippen molar-refractivity contribution in [2.24, 2.45) is 7.05 Å². The van der Waals surface area contributed by atoms with Crippen LogP contribution in [0.5, 0.6) is 0 Å². The van der Waals surface area contributed by atoms with Crippen molar-refractivity contribution >= 4 is 0 Å². The SMILES string of the molecule is CCCc1nn(C)c(C2CCNCC2)c1C. The highest BCUT2D eigenvalue weighted by Gasteiger charge is 2.22. The smallest absolute Gasteiger partial charge is 0.0656 e. The number of piperidine rings is 1. The van der Waals surface area contributed by atoms with Gasteiger partial charge in [0.15, 0.2) is 0 Å². The maximum Gasteiger partial charge on any atom is 0.0656 e. The lowest BCUT2D eigenvalue weighted by molar-refractivity contribution is 0.438. The van der Waals surface area contributed by atoms with Crippen LogP contribution in [0.4, 0.5) is 0 Å². The standard InChI is InChI=1S/C13H23N3/c1-4-5-12-10(2)13(16(3)15-12)11-6-8-14-9-7-11/h11,14H,4-9H2,1-3H3. The summed E-state index contributed by atoms with van der Waals surface area (Å²) in [5, 5.41) is 8.10. The molecule has 0 aliphatic carbocycles. The minimum atomic E-state index is 0.712. The Morgan fingerprint density at radius 1 is 1.38 bits per heavy atom. The molecule has 3 heteroatoms. The summed E-state index contributed by atoms with van der Waals surface area (Å²) in [7, 11) is 2.10. The third kappa shape index (κ3) is 2.14. The Kier molecular flexibility index (Phi) is 3.64. The number of rotatable bonds is 3. The summed E-state index contributed by atoms with van der Waals surface area (Å²) < 4.78 is 2.12. The zero-order chi connectivity index (χ0) is 11.5. The Morgan fingerprint density at radius 2 is 2.06 bits per heavy atom. The number of hydrogen-bond acceptors (Lipinski definition) is 2. The van der Waals surface area contributed by atoms with Crippen molar-refractivity contribution in [3.8, 4) is 0 Å². The fourth-order valence-corrected chi connectivity index (χ4v) is 2.84. The summed E-state index contributed by atoms with van der Waals surface area (Å²) in [6.07, 6.45) is 4.81. The second-order valence-corrected chi connectivity index (χ2v) is 4.85. The van der Waals surface area contributed by atoms with E-state index in [1.54, 1.807) is 0 Å². The van der Waals surface area contributed by atoms with Crippen molar-refractivity contribution in [3.63, 3.8) is 0 Å². The molecule has 0 bridgehead atoms. The van der Waals surface area contributed by atoms with Gasteiger partial charge in [-0.05, 0) is 44.8 Å². The molecule has 16 heavy (non-hydrogen) atoms. The van der Waals surface area contributed by atoms with Crippen LogP contribution in [0.3, 0.4) is 0 Å². The number of nitrogens with one attached hydrogen (secondary N) is 1. The first-order valence-corrected chi connectivity index (χ1v) is 6.47. The molecule has 1 aliphatic heterocycles. The van der Waals surface area contributed by atoms with Crippen molar-refractivity contribution in [3.05, 3.63) is 17.0 Å². The first kappa shape index (κ1) is 11.6. The van der Waals surface area contributed by atoms with Gasteiger partial charge in [0.05, 0.1) is 5.69 Å². The lowest BCUT2D eigenvalue weighted by atomic mass is 9.91. The van der Waals surface area contributed by atoms with E-state index in [0.29, 0.717) is 5.92 Å². The molecule has 90 valence electrons. The highest BCUT2D eigenvalue weighted by atomic mass is 15.3. The largest absolute Gasteiger partial charge is 0.317 e. The minimum absolute atomic E-state index is 0.712. The average Bonchev–Trinajstić information content (AvgIpc) is 2.56. The van der Waals surface area contributed by atoms with Gasteiger partial charge in [-0.3, -0.25) is 4.68 Å². The van der Waals surface area contributed by atoms with Crippen molar-refractivity contribution in [1.82, 2.24) is 15.1 Å². The first-order valence-electron chi connectivity index (χ1n) is 6.47. The second kappa shape index (κ2) is 5.00. The maximum absolute atomic E-state index is 4.67. The Balaban J connectivity index is 2.24. The molecule has 1 saturated heterocycles. The Labute approximate surface area is 98.2 Å². The van der Waals surface area contributed by atoms with E-state index in [1.807, 2.05) is 0 Å². The lowest BCUT2D eigenvalue weighted by Crippen LogP contribution is -2.27. The van der Waals surface area contributed by atoms with E-state index in [1.165, 1.54) is 36.2 Å². The summed E-state index contributed by atoms with van der Waals surface area (Å²) in [6.45, 7) is 6.77. The van der Waals surface area contributed by atoms with Gasteiger partial charge in [-0.25, -0.2) is 0 Å². The molecular weight excluding hydrogens is 198 g/mol. The van der Waals surface area contributed by atoms with Crippen LogP contribution in [-0.4, -0.2) is 22.9 Å². The quantitative estimate of drug-likeness (QED) is 0.847. The number of aromatic nitrogens is 2. The van der Waals surface area contributed by atoms with E-state index in [0.717, 1.165) is 19.5 Å². The zero-order valence-electron chi connectivity index (χ0n) is 10.7. The molecular formula is C13H23N3. The zero-order valence-corrected chi connectivity index (χ0v) is 10.7. The van der Waals surface area contributed by atoms with E-state index in [4.69, 9.17) is 0 Å². The average molecular weight is 221 g/mol. The second-order valence-electron chi connectivity index (χ2n) is 4.85. The number of hydrogen-bond donors (Lipinski definition) is 1. The Morgan fingerprint density at radius 3 is 2.69 bits per heavy atom. The molecule has 1 aromatic heterocycles. The van der Waals surface area contributed by atoms with Crippen LogP contribution in [0.1, 0.15) is 49.1 Å². The van der Waals surface area contributed by atoms with Crippen molar-refractivity contribution in [2.75, 3.05) is 13.1 Å². The van der Waals surface area contributed by atoms with Gasteiger partial charge in [0.1, 0.15) is 0 Å². The van der Waals surface area contributed by atoms with Crippen molar-refractivity contribution in [1.29, 1.82) is 0 Å². The predicted molar refractivity (Wildman–Crippen MR) is 66.8 cm³/mol. The third-order valence-corrected chi connectivity index (χ3v) is 3.65. The van der Waals surface area contributed by atoms with E-state index in [-0.39, 0.29) is 0 Å². The maximum atomic E-state index is 4.67. The molecule has 3 nitrogen and oxygen atoms in total. The van der Waals surface area contributed by atoms with Crippen LogP contribution in [0.15, 0.2) is 0 Å². The summed E-state index contributed by atoms with van der Waals surface area (Å²) in [5.41, 5.74) is 4.22. The predicted octanol–water partition coefficient (Wildman–Crippen LogP) is 2.15. The van der Waals surface area contributed by atoms with E-state index in [9.17, 15) is 0 Å².